The number of hydrogen-bond acceptors (Lipinski definition) is 2. The molecule has 1 fully saturated rings. The quantitative estimate of drug-likeness (QED) is 0.847. The molecule has 1 aliphatic carbocycles. The van der Waals surface area contributed by atoms with E-state index in [4.69, 9.17) is 5.73 Å². The lowest BCUT2D eigenvalue weighted by Gasteiger charge is -2.20. The lowest BCUT2D eigenvalue weighted by atomic mass is 9.97. The predicted octanol–water partition coefficient (Wildman–Crippen LogP) is 2.64. The molecule has 116 valence electrons. The van der Waals surface area contributed by atoms with Gasteiger partial charge in [-0.3, -0.25) is 4.79 Å². The first-order chi connectivity index (χ1) is 10.1. The molecule has 0 heterocycles. The van der Waals surface area contributed by atoms with Crippen LogP contribution in [0.3, 0.4) is 0 Å². The van der Waals surface area contributed by atoms with E-state index in [0.29, 0.717) is 18.9 Å². The molecule has 0 aromatic heterocycles. The van der Waals surface area contributed by atoms with Gasteiger partial charge >= 0.3 is 0 Å². The van der Waals surface area contributed by atoms with E-state index in [1.54, 1.807) is 6.07 Å². The molecule has 1 aliphatic rings. The van der Waals surface area contributed by atoms with E-state index in [-0.39, 0.29) is 23.7 Å². The van der Waals surface area contributed by atoms with Crippen LogP contribution in [0.2, 0.25) is 0 Å². The van der Waals surface area contributed by atoms with Gasteiger partial charge < -0.3 is 11.1 Å². The van der Waals surface area contributed by atoms with Gasteiger partial charge in [-0.05, 0) is 55.3 Å². The summed E-state index contributed by atoms with van der Waals surface area (Å²) in [6, 6.07) is 6.83. The number of benzene rings is 1. The summed E-state index contributed by atoms with van der Waals surface area (Å²) in [6.45, 7) is 2.67. The van der Waals surface area contributed by atoms with Crippen molar-refractivity contribution in [1.29, 1.82) is 0 Å². The van der Waals surface area contributed by atoms with Crippen LogP contribution >= 0.6 is 0 Å². The number of carbonyl (C=O) groups is 1. The summed E-state index contributed by atoms with van der Waals surface area (Å²) in [5, 5.41) is 3.11. The van der Waals surface area contributed by atoms with Crippen LogP contribution < -0.4 is 11.1 Å². The van der Waals surface area contributed by atoms with Gasteiger partial charge in [-0.15, -0.1) is 0 Å². The monoisotopic (exact) mass is 292 g/mol. The van der Waals surface area contributed by atoms with Crippen LogP contribution in [0.5, 0.6) is 0 Å². The Morgan fingerprint density at radius 3 is 3.00 bits per heavy atom. The fourth-order valence-electron chi connectivity index (χ4n) is 3.23. The van der Waals surface area contributed by atoms with Gasteiger partial charge in [0.2, 0.25) is 5.91 Å². The molecule has 3 atom stereocenters. The summed E-state index contributed by atoms with van der Waals surface area (Å²) in [5.41, 5.74) is 6.67. The van der Waals surface area contributed by atoms with Crippen molar-refractivity contribution in [2.75, 3.05) is 6.54 Å². The Morgan fingerprint density at radius 2 is 2.29 bits per heavy atom. The fraction of sp³-hybridized carbons (Fsp3) is 0.588. The minimum Gasteiger partial charge on any atom is -0.353 e. The van der Waals surface area contributed by atoms with Crippen LogP contribution in [0.1, 0.15) is 38.2 Å². The van der Waals surface area contributed by atoms with Gasteiger partial charge in [0.15, 0.2) is 0 Å². The first-order valence-corrected chi connectivity index (χ1v) is 7.82. The van der Waals surface area contributed by atoms with Crippen LogP contribution in [0.4, 0.5) is 4.39 Å². The van der Waals surface area contributed by atoms with E-state index in [2.05, 4.69) is 5.32 Å². The Labute approximate surface area is 126 Å². The Hall–Kier alpha value is -1.42. The molecule has 0 radical (unpaired) electrons. The predicted molar refractivity (Wildman–Crippen MR) is 82.2 cm³/mol. The first-order valence-electron chi connectivity index (χ1n) is 7.82. The lowest BCUT2D eigenvalue weighted by Crippen LogP contribution is -2.40. The second-order valence-electron chi connectivity index (χ2n) is 6.24. The molecule has 0 bridgehead atoms. The fourth-order valence-corrected chi connectivity index (χ4v) is 3.23. The number of rotatable bonds is 6. The third kappa shape index (κ3) is 4.81. The van der Waals surface area contributed by atoms with Gasteiger partial charge in [0, 0.05) is 12.5 Å². The Bertz CT molecular complexity index is 478. The molecule has 2 rings (SSSR count). The maximum Gasteiger partial charge on any atom is 0.220 e. The smallest absolute Gasteiger partial charge is 0.220 e. The molecule has 0 saturated heterocycles. The number of nitrogens with two attached hydrogens (primary N) is 1. The highest BCUT2D eigenvalue weighted by Gasteiger charge is 2.27. The molecular formula is C17H25FN2O. The maximum atomic E-state index is 13.1. The Balaban J connectivity index is 1.79. The zero-order valence-corrected chi connectivity index (χ0v) is 12.6. The number of hydrogen-bond donors (Lipinski definition) is 2. The molecule has 1 saturated carbocycles. The molecule has 4 heteroatoms. The Morgan fingerprint density at radius 1 is 1.48 bits per heavy atom. The van der Waals surface area contributed by atoms with E-state index in [1.807, 2.05) is 13.0 Å². The van der Waals surface area contributed by atoms with Crippen molar-refractivity contribution < 1.29 is 9.18 Å². The van der Waals surface area contributed by atoms with Crippen molar-refractivity contribution in [3.8, 4) is 0 Å². The molecule has 3 nitrogen and oxygen atoms in total. The summed E-state index contributed by atoms with van der Waals surface area (Å²) in [4.78, 5) is 12.1. The van der Waals surface area contributed by atoms with Crippen molar-refractivity contribution in [2.45, 2.75) is 45.1 Å². The minimum absolute atomic E-state index is 0.0873. The number of nitrogens with one attached hydrogen (secondary N) is 1. The largest absolute Gasteiger partial charge is 0.353 e. The zero-order valence-electron chi connectivity index (χ0n) is 12.6. The minimum atomic E-state index is -0.221. The lowest BCUT2D eigenvalue weighted by molar-refractivity contribution is -0.122. The van der Waals surface area contributed by atoms with E-state index in [1.165, 1.54) is 12.1 Å². The number of halogens is 1. The molecule has 0 aliphatic heterocycles. The average molecular weight is 292 g/mol. The molecule has 21 heavy (non-hydrogen) atoms. The van der Waals surface area contributed by atoms with Gasteiger partial charge in [-0.25, -0.2) is 4.39 Å². The molecule has 3 N–H and O–H groups in total. The van der Waals surface area contributed by atoms with Crippen LogP contribution in [-0.4, -0.2) is 18.5 Å². The van der Waals surface area contributed by atoms with Crippen molar-refractivity contribution >= 4 is 5.91 Å². The molecular weight excluding hydrogens is 267 g/mol. The molecule has 0 spiro atoms. The molecule has 1 aromatic carbocycles. The second-order valence-corrected chi connectivity index (χ2v) is 6.24. The van der Waals surface area contributed by atoms with Crippen molar-refractivity contribution in [1.82, 2.24) is 5.32 Å². The highest BCUT2D eigenvalue weighted by Crippen LogP contribution is 2.25. The van der Waals surface area contributed by atoms with Crippen LogP contribution in [-0.2, 0) is 11.2 Å². The number of carbonyl (C=O) groups excluding carboxylic acids is 1. The molecule has 1 amide bonds. The zero-order chi connectivity index (χ0) is 15.2. The van der Waals surface area contributed by atoms with E-state index in [0.717, 1.165) is 31.2 Å². The van der Waals surface area contributed by atoms with Crippen LogP contribution in [0.15, 0.2) is 24.3 Å². The van der Waals surface area contributed by atoms with Crippen molar-refractivity contribution in [3.63, 3.8) is 0 Å². The third-order valence-corrected chi connectivity index (χ3v) is 4.32. The summed E-state index contributed by atoms with van der Waals surface area (Å²) >= 11 is 0. The van der Waals surface area contributed by atoms with Gasteiger partial charge in [0.1, 0.15) is 5.82 Å². The highest BCUT2D eigenvalue weighted by molar-refractivity contribution is 5.76. The normalized spacial score (nSPS) is 23.0. The first kappa shape index (κ1) is 16.0. The summed E-state index contributed by atoms with van der Waals surface area (Å²) in [5.74, 6) is 0.488. The van der Waals surface area contributed by atoms with Gasteiger partial charge in [-0.1, -0.05) is 25.5 Å². The van der Waals surface area contributed by atoms with Gasteiger partial charge in [0.05, 0.1) is 0 Å². The number of amides is 1. The Kier molecular flexibility index (Phi) is 5.74. The summed E-state index contributed by atoms with van der Waals surface area (Å²) < 4.78 is 13.1. The third-order valence-electron chi connectivity index (χ3n) is 4.32. The SMILES string of the molecule is CC(CC(=O)NC1CCCC1CN)Cc1cccc(F)c1. The van der Waals surface area contributed by atoms with E-state index in [9.17, 15) is 9.18 Å². The van der Waals surface area contributed by atoms with Crippen molar-refractivity contribution in [3.05, 3.63) is 35.6 Å². The van der Waals surface area contributed by atoms with E-state index < -0.39 is 0 Å². The molecule has 1 aromatic rings. The maximum absolute atomic E-state index is 13.1. The van der Waals surface area contributed by atoms with Gasteiger partial charge in [0.25, 0.3) is 0 Å². The standard InChI is InChI=1S/C17H25FN2O/c1-12(8-13-4-2-6-15(18)10-13)9-17(21)20-16-7-3-5-14(16)11-19/h2,4,6,10,12,14,16H,3,5,7-9,11,19H2,1H3,(H,20,21). The van der Waals surface area contributed by atoms with Gasteiger partial charge in [-0.2, -0.15) is 0 Å². The van der Waals surface area contributed by atoms with E-state index >= 15 is 0 Å². The molecule has 3 unspecified atom stereocenters. The highest BCUT2D eigenvalue weighted by atomic mass is 19.1. The summed E-state index contributed by atoms with van der Waals surface area (Å²) in [6.07, 6.45) is 4.48. The van der Waals surface area contributed by atoms with Crippen LogP contribution in [0.25, 0.3) is 0 Å². The second kappa shape index (κ2) is 7.55. The summed E-state index contributed by atoms with van der Waals surface area (Å²) in [7, 11) is 0. The topological polar surface area (TPSA) is 55.1 Å². The van der Waals surface area contributed by atoms with Crippen LogP contribution in [0, 0.1) is 17.7 Å². The average Bonchev–Trinajstić information content (AvgIpc) is 2.85. The van der Waals surface area contributed by atoms with Crippen molar-refractivity contribution in [2.24, 2.45) is 17.6 Å².